The molecule has 136 valence electrons. The Morgan fingerprint density at radius 1 is 0.926 bits per heavy atom. The molecule has 0 spiro atoms. The fraction of sp³-hybridized carbons (Fsp3) is 0. The molecule has 7 heteroatoms. The summed E-state index contributed by atoms with van der Waals surface area (Å²) in [5.74, 6) is 1.11. The molecular weight excluding hydrogens is 385 g/mol. The third kappa shape index (κ3) is 6.06. The first-order valence-electron chi connectivity index (χ1n) is 7.97. The lowest BCUT2D eigenvalue weighted by Gasteiger charge is -2.07. The summed E-state index contributed by atoms with van der Waals surface area (Å²) in [6, 6.07) is 20.4. The molecule has 0 aliphatic heterocycles. The van der Waals surface area contributed by atoms with Crippen molar-refractivity contribution < 1.29 is 9.13 Å². The van der Waals surface area contributed by atoms with Crippen molar-refractivity contribution in [1.82, 2.24) is 5.43 Å². The summed E-state index contributed by atoms with van der Waals surface area (Å²) in [5.41, 5.74) is 4.25. The third-order valence-corrected chi connectivity index (χ3v) is 3.86. The maximum Gasteiger partial charge on any atom is 0.191 e. The Labute approximate surface area is 166 Å². The quantitative estimate of drug-likeness (QED) is 0.333. The fourth-order valence-electron chi connectivity index (χ4n) is 2.12. The molecule has 0 aliphatic rings. The number of thiocarbonyl (C=S) groups is 1. The van der Waals surface area contributed by atoms with Crippen LogP contribution in [0.3, 0.4) is 0 Å². The molecule has 3 aromatic rings. The molecule has 27 heavy (non-hydrogen) atoms. The van der Waals surface area contributed by atoms with Crippen LogP contribution in [-0.4, -0.2) is 11.3 Å². The number of benzene rings is 3. The van der Waals surface area contributed by atoms with Crippen molar-refractivity contribution in [2.45, 2.75) is 0 Å². The van der Waals surface area contributed by atoms with Crippen LogP contribution in [-0.2, 0) is 0 Å². The zero-order chi connectivity index (χ0) is 19.1. The third-order valence-electron chi connectivity index (χ3n) is 3.41. The van der Waals surface area contributed by atoms with Crippen LogP contribution in [0.5, 0.6) is 11.5 Å². The highest BCUT2D eigenvalue weighted by Gasteiger charge is 1.99. The highest BCUT2D eigenvalue weighted by Crippen LogP contribution is 2.23. The Morgan fingerprint density at radius 3 is 2.15 bits per heavy atom. The lowest BCUT2D eigenvalue weighted by molar-refractivity contribution is 0.482. The first kappa shape index (κ1) is 18.8. The van der Waals surface area contributed by atoms with Gasteiger partial charge in [0.25, 0.3) is 0 Å². The fourth-order valence-corrected chi connectivity index (χ4v) is 2.41. The summed E-state index contributed by atoms with van der Waals surface area (Å²) in [5, 5.41) is 7.94. The van der Waals surface area contributed by atoms with E-state index in [1.54, 1.807) is 42.6 Å². The minimum atomic E-state index is -0.305. The normalized spacial score (nSPS) is 10.6. The van der Waals surface area contributed by atoms with Gasteiger partial charge in [0.05, 0.1) is 6.21 Å². The smallest absolute Gasteiger partial charge is 0.191 e. The summed E-state index contributed by atoms with van der Waals surface area (Å²) in [6.45, 7) is 0. The van der Waals surface area contributed by atoms with Gasteiger partial charge >= 0.3 is 0 Å². The van der Waals surface area contributed by atoms with Crippen LogP contribution < -0.4 is 15.5 Å². The molecule has 3 rings (SSSR count). The lowest BCUT2D eigenvalue weighted by atomic mass is 10.2. The number of hydrogen-bond acceptors (Lipinski definition) is 3. The van der Waals surface area contributed by atoms with E-state index in [1.807, 2.05) is 24.3 Å². The van der Waals surface area contributed by atoms with E-state index in [-0.39, 0.29) is 5.82 Å². The van der Waals surface area contributed by atoms with E-state index in [1.165, 1.54) is 12.1 Å². The molecular formula is C20H15ClFN3OS. The number of rotatable bonds is 5. The van der Waals surface area contributed by atoms with Gasteiger partial charge in [-0.15, -0.1) is 0 Å². The highest BCUT2D eigenvalue weighted by molar-refractivity contribution is 7.80. The Hall–Kier alpha value is -2.96. The largest absolute Gasteiger partial charge is 0.457 e. The van der Waals surface area contributed by atoms with Crippen molar-refractivity contribution in [2.24, 2.45) is 5.10 Å². The zero-order valence-electron chi connectivity index (χ0n) is 14.0. The molecule has 0 aromatic heterocycles. The van der Waals surface area contributed by atoms with Crippen molar-refractivity contribution >= 4 is 40.8 Å². The second kappa shape index (κ2) is 9.12. The molecule has 0 atom stereocenters. The molecule has 0 amide bonds. The van der Waals surface area contributed by atoms with Gasteiger partial charge in [0, 0.05) is 10.7 Å². The number of halogens is 2. The molecule has 0 fully saturated rings. The van der Waals surface area contributed by atoms with Crippen molar-refractivity contribution in [1.29, 1.82) is 0 Å². The van der Waals surface area contributed by atoms with E-state index >= 15 is 0 Å². The number of ether oxygens (including phenoxy) is 1. The molecule has 0 bridgehead atoms. The van der Waals surface area contributed by atoms with Crippen LogP contribution in [0.1, 0.15) is 5.56 Å². The van der Waals surface area contributed by atoms with Crippen LogP contribution in [0.4, 0.5) is 10.1 Å². The van der Waals surface area contributed by atoms with Gasteiger partial charge < -0.3 is 10.1 Å². The number of nitrogens with zero attached hydrogens (tertiary/aromatic N) is 1. The summed E-state index contributed by atoms with van der Waals surface area (Å²) < 4.78 is 18.6. The summed E-state index contributed by atoms with van der Waals surface area (Å²) in [7, 11) is 0. The van der Waals surface area contributed by atoms with Gasteiger partial charge in [0.2, 0.25) is 0 Å². The summed E-state index contributed by atoms with van der Waals surface area (Å²) in [6.07, 6.45) is 1.63. The van der Waals surface area contributed by atoms with Gasteiger partial charge in [-0.1, -0.05) is 11.6 Å². The van der Waals surface area contributed by atoms with Crippen molar-refractivity contribution in [3.05, 3.63) is 89.2 Å². The van der Waals surface area contributed by atoms with E-state index in [0.29, 0.717) is 27.3 Å². The Morgan fingerprint density at radius 2 is 1.52 bits per heavy atom. The van der Waals surface area contributed by atoms with Gasteiger partial charge in [-0.3, -0.25) is 5.43 Å². The molecule has 0 saturated carbocycles. The van der Waals surface area contributed by atoms with E-state index in [2.05, 4.69) is 15.8 Å². The van der Waals surface area contributed by atoms with E-state index in [4.69, 9.17) is 28.6 Å². The molecule has 0 radical (unpaired) electrons. The number of hydrogen-bond donors (Lipinski definition) is 2. The Balaban J connectivity index is 1.50. The average molecular weight is 400 g/mol. The van der Waals surface area contributed by atoms with E-state index in [0.717, 1.165) is 5.56 Å². The van der Waals surface area contributed by atoms with Crippen molar-refractivity contribution in [3.8, 4) is 11.5 Å². The SMILES string of the molecule is Fc1ccc(NC(=S)N/N=C/c2ccc(Oc3ccc(Cl)cc3)cc2)cc1. The minimum absolute atomic E-state index is 0.305. The minimum Gasteiger partial charge on any atom is -0.457 e. The van der Waals surface area contributed by atoms with Gasteiger partial charge in [-0.2, -0.15) is 5.10 Å². The van der Waals surface area contributed by atoms with Crippen molar-refractivity contribution in [3.63, 3.8) is 0 Å². The lowest BCUT2D eigenvalue weighted by Crippen LogP contribution is -2.23. The maximum absolute atomic E-state index is 12.9. The Kier molecular flexibility index (Phi) is 6.35. The average Bonchev–Trinajstić information content (AvgIpc) is 2.67. The second-order valence-corrected chi connectivity index (χ2v) is 6.30. The topological polar surface area (TPSA) is 45.7 Å². The molecule has 0 unspecified atom stereocenters. The summed E-state index contributed by atoms with van der Waals surface area (Å²) >= 11 is 11.0. The van der Waals surface area contributed by atoms with Gasteiger partial charge in [0.15, 0.2) is 5.11 Å². The molecule has 4 nitrogen and oxygen atoms in total. The van der Waals surface area contributed by atoms with Gasteiger partial charge in [-0.05, 0) is 90.6 Å². The second-order valence-electron chi connectivity index (χ2n) is 5.46. The maximum atomic E-state index is 12.9. The Bertz CT molecular complexity index is 929. The monoisotopic (exact) mass is 399 g/mol. The molecule has 0 saturated heterocycles. The molecule has 0 heterocycles. The number of nitrogens with one attached hydrogen (secondary N) is 2. The molecule has 0 aliphatic carbocycles. The van der Waals surface area contributed by atoms with Crippen molar-refractivity contribution in [2.75, 3.05) is 5.32 Å². The predicted octanol–water partition coefficient (Wildman–Crippen LogP) is 5.59. The predicted molar refractivity (Wildman–Crippen MR) is 111 cm³/mol. The summed E-state index contributed by atoms with van der Waals surface area (Å²) in [4.78, 5) is 0. The number of hydrazone groups is 1. The van der Waals surface area contributed by atoms with Crippen LogP contribution >= 0.6 is 23.8 Å². The molecule has 2 N–H and O–H groups in total. The van der Waals surface area contributed by atoms with Crippen LogP contribution in [0.2, 0.25) is 5.02 Å². The van der Waals surface area contributed by atoms with Crippen LogP contribution in [0.15, 0.2) is 77.9 Å². The van der Waals surface area contributed by atoms with E-state index < -0.39 is 0 Å². The van der Waals surface area contributed by atoms with Crippen LogP contribution in [0, 0.1) is 5.82 Å². The van der Waals surface area contributed by atoms with Gasteiger partial charge in [0.1, 0.15) is 17.3 Å². The van der Waals surface area contributed by atoms with E-state index in [9.17, 15) is 4.39 Å². The first-order valence-corrected chi connectivity index (χ1v) is 8.76. The zero-order valence-corrected chi connectivity index (χ0v) is 15.6. The number of anilines is 1. The van der Waals surface area contributed by atoms with Gasteiger partial charge in [-0.25, -0.2) is 4.39 Å². The standard InChI is InChI=1S/C20H15ClFN3OS/c21-15-3-11-19(12-4-15)26-18-9-1-14(2-10-18)13-23-25-20(27)24-17-7-5-16(22)6-8-17/h1-13H,(H2,24,25,27)/b23-13+. The van der Waals surface area contributed by atoms with Crippen LogP contribution in [0.25, 0.3) is 0 Å². The molecule has 3 aromatic carbocycles. The first-order chi connectivity index (χ1) is 13.1. The highest BCUT2D eigenvalue weighted by atomic mass is 35.5.